The summed E-state index contributed by atoms with van der Waals surface area (Å²) in [5.74, 6) is 6.40. The van der Waals surface area contributed by atoms with Crippen molar-refractivity contribution >= 4 is 5.97 Å². The normalized spacial score (nSPS) is 31.9. The highest BCUT2D eigenvalue weighted by Gasteiger charge is 2.43. The topological polar surface area (TPSA) is 46.5 Å². The van der Waals surface area contributed by atoms with Gasteiger partial charge in [0.25, 0.3) is 0 Å². The van der Waals surface area contributed by atoms with Crippen molar-refractivity contribution in [1.29, 1.82) is 0 Å². The molecule has 2 fully saturated rings. The number of fused-ring (bicyclic) bond motifs is 1. The van der Waals surface area contributed by atoms with Crippen molar-refractivity contribution in [1.82, 2.24) is 0 Å². The minimum absolute atomic E-state index is 0.0677. The van der Waals surface area contributed by atoms with Gasteiger partial charge in [0.1, 0.15) is 6.10 Å². The number of ether oxygens (including phenoxy) is 1. The lowest BCUT2D eigenvalue weighted by Crippen LogP contribution is -2.12. The Morgan fingerprint density at radius 3 is 3.17 bits per heavy atom. The van der Waals surface area contributed by atoms with Crippen LogP contribution in [0.15, 0.2) is 12.2 Å². The van der Waals surface area contributed by atoms with Crippen molar-refractivity contribution in [2.75, 3.05) is 0 Å². The van der Waals surface area contributed by atoms with Gasteiger partial charge in [0, 0.05) is 12.3 Å². The Hall–Kier alpha value is -1.27. The Labute approximate surface area is 108 Å². The highest BCUT2D eigenvalue weighted by atomic mass is 16.5. The molecule has 4 atom stereocenters. The van der Waals surface area contributed by atoms with Gasteiger partial charge in [0.2, 0.25) is 0 Å². The van der Waals surface area contributed by atoms with E-state index in [9.17, 15) is 9.90 Å². The summed E-state index contributed by atoms with van der Waals surface area (Å²) in [6, 6.07) is 0. The quantitative estimate of drug-likeness (QED) is 0.470. The van der Waals surface area contributed by atoms with Crippen LogP contribution in [0.5, 0.6) is 0 Å². The van der Waals surface area contributed by atoms with E-state index in [0.29, 0.717) is 24.7 Å². The number of aliphatic hydroxyl groups excluding tert-OH is 1. The maximum atomic E-state index is 11.2. The molecule has 1 aliphatic carbocycles. The molecule has 0 aromatic carbocycles. The number of allylic oxidation sites excluding steroid dienone is 1. The monoisotopic (exact) mass is 248 g/mol. The Morgan fingerprint density at radius 1 is 1.56 bits per heavy atom. The molecule has 3 nitrogen and oxygen atoms in total. The van der Waals surface area contributed by atoms with E-state index in [4.69, 9.17) is 4.74 Å². The van der Waals surface area contributed by atoms with Crippen LogP contribution in [0.1, 0.15) is 39.0 Å². The Kier molecular flexibility index (Phi) is 4.43. The first-order chi connectivity index (χ1) is 8.70. The molecule has 1 saturated heterocycles. The molecule has 3 heteroatoms. The second-order valence-corrected chi connectivity index (χ2v) is 5.06. The Morgan fingerprint density at radius 2 is 2.39 bits per heavy atom. The molecule has 2 aliphatic rings. The van der Waals surface area contributed by atoms with Crippen LogP contribution < -0.4 is 0 Å². The number of esters is 1. The van der Waals surface area contributed by atoms with Gasteiger partial charge in [-0.3, -0.25) is 4.79 Å². The smallest absolute Gasteiger partial charge is 0.306 e. The largest absolute Gasteiger partial charge is 0.462 e. The lowest BCUT2D eigenvalue weighted by molar-refractivity contribution is -0.141. The molecule has 18 heavy (non-hydrogen) atoms. The zero-order chi connectivity index (χ0) is 13.0. The van der Waals surface area contributed by atoms with E-state index in [1.165, 1.54) is 0 Å². The van der Waals surface area contributed by atoms with Crippen LogP contribution in [0.3, 0.4) is 0 Å². The SMILES string of the molecule is CC#CCC[C@H](O)C=C[C@H]1CC[C@@H]2OC(=O)C[C@@H]21. The van der Waals surface area contributed by atoms with Crippen molar-refractivity contribution in [2.24, 2.45) is 11.8 Å². The summed E-state index contributed by atoms with van der Waals surface area (Å²) in [4.78, 5) is 11.2. The third kappa shape index (κ3) is 3.14. The molecule has 1 heterocycles. The predicted molar refractivity (Wildman–Crippen MR) is 68.5 cm³/mol. The number of rotatable bonds is 4. The molecule has 2 rings (SSSR count). The number of carbonyl (C=O) groups is 1. The van der Waals surface area contributed by atoms with E-state index in [-0.39, 0.29) is 12.1 Å². The second kappa shape index (κ2) is 6.06. The van der Waals surface area contributed by atoms with E-state index in [2.05, 4.69) is 17.9 Å². The van der Waals surface area contributed by atoms with Crippen molar-refractivity contribution in [3.63, 3.8) is 0 Å². The third-order valence-electron chi connectivity index (χ3n) is 3.82. The maximum absolute atomic E-state index is 11.2. The van der Waals surface area contributed by atoms with Gasteiger partial charge in [-0.05, 0) is 32.1 Å². The van der Waals surface area contributed by atoms with Crippen molar-refractivity contribution in [2.45, 2.75) is 51.2 Å². The minimum atomic E-state index is -0.428. The van der Waals surface area contributed by atoms with Crippen LogP contribution in [0, 0.1) is 23.7 Å². The van der Waals surface area contributed by atoms with E-state index >= 15 is 0 Å². The number of aliphatic hydroxyl groups is 1. The summed E-state index contributed by atoms with van der Waals surface area (Å²) in [7, 11) is 0. The molecule has 0 aromatic rings. The first-order valence-electron chi connectivity index (χ1n) is 6.66. The van der Waals surface area contributed by atoms with Crippen molar-refractivity contribution in [3.05, 3.63) is 12.2 Å². The summed E-state index contributed by atoms with van der Waals surface area (Å²) in [6.45, 7) is 1.80. The second-order valence-electron chi connectivity index (χ2n) is 5.06. The highest BCUT2D eigenvalue weighted by molar-refractivity contribution is 5.72. The molecule has 0 spiro atoms. The van der Waals surface area contributed by atoms with Crippen LogP contribution in [0.25, 0.3) is 0 Å². The van der Waals surface area contributed by atoms with E-state index in [1.807, 2.05) is 6.08 Å². The summed E-state index contributed by atoms with van der Waals surface area (Å²) >= 11 is 0. The third-order valence-corrected chi connectivity index (χ3v) is 3.82. The van der Waals surface area contributed by atoms with Crippen LogP contribution in [0.2, 0.25) is 0 Å². The van der Waals surface area contributed by atoms with Gasteiger partial charge in [-0.1, -0.05) is 12.2 Å². The van der Waals surface area contributed by atoms with E-state index in [1.54, 1.807) is 6.92 Å². The standard InChI is InChI=1S/C15H20O3/c1-2-3-4-5-12(16)8-6-11-7-9-14-13(11)10-15(17)18-14/h6,8,11-14,16H,4-5,7,9-10H2,1H3/t11-,12-,13+,14-/m0/s1. The molecule has 1 saturated carbocycles. The Bertz CT molecular complexity index is 388. The fourth-order valence-electron chi connectivity index (χ4n) is 2.85. The summed E-state index contributed by atoms with van der Waals surface area (Å²) in [5, 5.41) is 9.78. The van der Waals surface area contributed by atoms with Gasteiger partial charge in [-0.25, -0.2) is 0 Å². The zero-order valence-corrected chi connectivity index (χ0v) is 10.8. The van der Waals surface area contributed by atoms with Gasteiger partial charge in [0.05, 0.1) is 12.5 Å². The van der Waals surface area contributed by atoms with Crippen molar-refractivity contribution < 1.29 is 14.6 Å². The molecule has 1 N–H and O–H groups in total. The van der Waals surface area contributed by atoms with Crippen LogP contribution in [-0.4, -0.2) is 23.3 Å². The first kappa shape index (κ1) is 13.2. The van der Waals surface area contributed by atoms with Gasteiger partial charge < -0.3 is 9.84 Å². The molecular formula is C15H20O3. The van der Waals surface area contributed by atoms with Gasteiger partial charge in [-0.15, -0.1) is 11.8 Å². The van der Waals surface area contributed by atoms with E-state index < -0.39 is 6.10 Å². The predicted octanol–water partition coefficient (Wildman–Crippen LogP) is 2.05. The maximum Gasteiger partial charge on any atom is 0.306 e. The van der Waals surface area contributed by atoms with Gasteiger partial charge in [0.15, 0.2) is 0 Å². The molecule has 98 valence electrons. The molecule has 0 amide bonds. The lowest BCUT2D eigenvalue weighted by atomic mass is 9.92. The average molecular weight is 248 g/mol. The van der Waals surface area contributed by atoms with Crippen LogP contribution >= 0.6 is 0 Å². The highest BCUT2D eigenvalue weighted by Crippen LogP contribution is 2.41. The fourth-order valence-corrected chi connectivity index (χ4v) is 2.85. The average Bonchev–Trinajstić information content (AvgIpc) is 2.86. The summed E-state index contributed by atoms with van der Waals surface area (Å²) in [6.07, 6.45) is 7.57. The number of hydrogen-bond donors (Lipinski definition) is 1. The lowest BCUT2D eigenvalue weighted by Gasteiger charge is -2.12. The van der Waals surface area contributed by atoms with Gasteiger partial charge >= 0.3 is 5.97 Å². The van der Waals surface area contributed by atoms with Crippen molar-refractivity contribution in [3.8, 4) is 11.8 Å². The molecule has 1 aliphatic heterocycles. The van der Waals surface area contributed by atoms with Gasteiger partial charge in [-0.2, -0.15) is 0 Å². The molecule has 0 bridgehead atoms. The fraction of sp³-hybridized carbons (Fsp3) is 0.667. The molecular weight excluding hydrogens is 228 g/mol. The number of hydrogen-bond acceptors (Lipinski definition) is 3. The Balaban J connectivity index is 1.81. The first-order valence-corrected chi connectivity index (χ1v) is 6.66. The zero-order valence-electron chi connectivity index (χ0n) is 10.8. The molecule has 0 unspecified atom stereocenters. The van der Waals surface area contributed by atoms with Crippen LogP contribution in [0.4, 0.5) is 0 Å². The minimum Gasteiger partial charge on any atom is -0.462 e. The number of carbonyl (C=O) groups excluding carboxylic acids is 1. The van der Waals surface area contributed by atoms with E-state index in [0.717, 1.165) is 19.3 Å². The molecule has 0 aromatic heterocycles. The molecule has 0 radical (unpaired) electrons. The van der Waals surface area contributed by atoms with Crippen LogP contribution in [-0.2, 0) is 9.53 Å². The summed E-state index contributed by atoms with van der Waals surface area (Å²) in [5.41, 5.74) is 0. The summed E-state index contributed by atoms with van der Waals surface area (Å²) < 4.78 is 5.25.